The van der Waals surface area contributed by atoms with Gasteiger partial charge in [0.05, 0.1) is 23.4 Å². The van der Waals surface area contributed by atoms with Gasteiger partial charge in [0, 0.05) is 13.1 Å². The predicted octanol–water partition coefficient (Wildman–Crippen LogP) is 0.408. The Morgan fingerprint density at radius 1 is 1.58 bits per heavy atom. The normalized spacial score (nSPS) is 21.5. The topological polar surface area (TPSA) is 76.7 Å². The molecular weight excluding hydrogens is 158 g/mol. The van der Waals surface area contributed by atoms with E-state index in [1.807, 2.05) is 6.07 Å². The molecule has 0 aliphatic carbocycles. The second-order valence-electron chi connectivity index (χ2n) is 3.09. The molecule has 5 heteroatoms. The molecule has 0 amide bonds. The first kappa shape index (κ1) is 8.94. The van der Waals surface area contributed by atoms with Crippen LogP contribution in [0.2, 0.25) is 0 Å². The van der Waals surface area contributed by atoms with Crippen molar-refractivity contribution in [2.75, 3.05) is 13.1 Å². The quantitative estimate of drug-likeness (QED) is 0.607. The fraction of sp³-hybridized carbons (Fsp3) is 0.857. The van der Waals surface area contributed by atoms with Gasteiger partial charge in [-0.15, -0.1) is 4.91 Å². The van der Waals surface area contributed by atoms with E-state index < -0.39 is 5.60 Å². The van der Waals surface area contributed by atoms with Crippen molar-refractivity contribution < 1.29 is 5.11 Å². The summed E-state index contributed by atoms with van der Waals surface area (Å²) in [5.41, 5.74) is -0.893. The van der Waals surface area contributed by atoms with Crippen LogP contribution < -0.4 is 0 Å². The molecule has 1 rings (SSSR count). The van der Waals surface area contributed by atoms with Crippen LogP contribution in [0.15, 0.2) is 5.29 Å². The average molecular weight is 169 g/mol. The van der Waals surface area contributed by atoms with Gasteiger partial charge in [0.15, 0.2) is 0 Å². The Morgan fingerprint density at radius 3 is 2.58 bits per heavy atom. The Kier molecular flexibility index (Phi) is 2.61. The lowest BCUT2D eigenvalue weighted by Gasteiger charge is -2.33. The molecular formula is C7H11N3O2. The molecule has 0 radical (unpaired) electrons. The van der Waals surface area contributed by atoms with Gasteiger partial charge in [-0.05, 0) is 12.8 Å². The highest BCUT2D eigenvalue weighted by Gasteiger charge is 2.31. The van der Waals surface area contributed by atoms with E-state index in [0.29, 0.717) is 25.9 Å². The summed E-state index contributed by atoms with van der Waals surface area (Å²) >= 11 is 0. The van der Waals surface area contributed by atoms with E-state index in [-0.39, 0.29) is 6.42 Å². The van der Waals surface area contributed by atoms with E-state index in [1.165, 1.54) is 5.01 Å². The summed E-state index contributed by atoms with van der Waals surface area (Å²) in [4.78, 5) is 10.1. The van der Waals surface area contributed by atoms with Gasteiger partial charge in [-0.25, -0.2) is 0 Å². The first-order chi connectivity index (χ1) is 5.70. The van der Waals surface area contributed by atoms with E-state index in [0.717, 1.165) is 0 Å². The summed E-state index contributed by atoms with van der Waals surface area (Å²) in [6.07, 6.45) is 1.04. The van der Waals surface area contributed by atoms with Crippen LogP contribution in [0, 0.1) is 16.2 Å². The van der Waals surface area contributed by atoms with Crippen LogP contribution in [0.1, 0.15) is 19.3 Å². The van der Waals surface area contributed by atoms with Gasteiger partial charge < -0.3 is 5.11 Å². The third-order valence-electron chi connectivity index (χ3n) is 2.19. The lowest BCUT2D eigenvalue weighted by atomic mass is 9.89. The van der Waals surface area contributed by atoms with Gasteiger partial charge in [0.25, 0.3) is 0 Å². The molecule has 0 aromatic heterocycles. The summed E-state index contributed by atoms with van der Waals surface area (Å²) in [6.45, 7) is 0.892. The summed E-state index contributed by atoms with van der Waals surface area (Å²) in [5.74, 6) is 0. The molecule has 1 N–H and O–H groups in total. The summed E-state index contributed by atoms with van der Waals surface area (Å²) in [7, 11) is 0. The van der Waals surface area contributed by atoms with Gasteiger partial charge in [0.2, 0.25) is 0 Å². The van der Waals surface area contributed by atoms with Crippen molar-refractivity contribution in [1.82, 2.24) is 5.01 Å². The minimum Gasteiger partial charge on any atom is -0.389 e. The predicted molar refractivity (Wildman–Crippen MR) is 41.8 cm³/mol. The Morgan fingerprint density at radius 2 is 2.17 bits per heavy atom. The highest BCUT2D eigenvalue weighted by atomic mass is 16.3. The van der Waals surface area contributed by atoms with E-state index in [9.17, 15) is 10.0 Å². The van der Waals surface area contributed by atoms with Gasteiger partial charge in [-0.3, -0.25) is 5.01 Å². The molecule has 1 saturated heterocycles. The molecule has 1 heterocycles. The number of aliphatic hydroxyl groups is 1. The number of hydrogen-bond acceptors (Lipinski definition) is 4. The smallest absolute Gasteiger partial charge is 0.0812 e. The van der Waals surface area contributed by atoms with E-state index >= 15 is 0 Å². The largest absolute Gasteiger partial charge is 0.389 e. The van der Waals surface area contributed by atoms with Crippen molar-refractivity contribution in [1.29, 1.82) is 5.26 Å². The zero-order chi connectivity index (χ0) is 9.03. The van der Waals surface area contributed by atoms with E-state index in [2.05, 4.69) is 5.29 Å². The van der Waals surface area contributed by atoms with Crippen molar-refractivity contribution in [2.45, 2.75) is 24.9 Å². The van der Waals surface area contributed by atoms with Crippen LogP contribution in [0.25, 0.3) is 0 Å². The lowest BCUT2D eigenvalue weighted by Crippen LogP contribution is -2.41. The molecule has 1 aliphatic heterocycles. The molecule has 0 unspecified atom stereocenters. The minimum atomic E-state index is -0.893. The van der Waals surface area contributed by atoms with Crippen LogP contribution >= 0.6 is 0 Å². The molecule has 0 atom stereocenters. The van der Waals surface area contributed by atoms with Crippen molar-refractivity contribution >= 4 is 0 Å². The Hall–Kier alpha value is -1.15. The van der Waals surface area contributed by atoms with Crippen LogP contribution in [0.5, 0.6) is 0 Å². The zero-order valence-corrected chi connectivity index (χ0v) is 6.73. The highest BCUT2D eigenvalue weighted by Crippen LogP contribution is 2.24. The lowest BCUT2D eigenvalue weighted by molar-refractivity contribution is -0.0170. The fourth-order valence-corrected chi connectivity index (χ4v) is 1.32. The second kappa shape index (κ2) is 3.50. The standard InChI is InChI=1S/C7H11N3O2/c8-4-1-7(11)2-5-10(9-12)6-3-7/h11H,1-3,5-6H2. The van der Waals surface area contributed by atoms with Crippen LogP contribution in [0.4, 0.5) is 0 Å². The molecule has 12 heavy (non-hydrogen) atoms. The van der Waals surface area contributed by atoms with Gasteiger partial charge in [0.1, 0.15) is 0 Å². The molecule has 0 bridgehead atoms. The second-order valence-corrected chi connectivity index (χ2v) is 3.09. The number of nitroso groups, excluding NO2 is 1. The van der Waals surface area contributed by atoms with E-state index in [1.54, 1.807) is 0 Å². The van der Waals surface area contributed by atoms with Gasteiger partial charge in [-0.1, -0.05) is 0 Å². The molecule has 0 aromatic rings. The molecule has 66 valence electrons. The summed E-state index contributed by atoms with van der Waals surface area (Å²) in [6, 6.07) is 1.93. The number of nitrogens with zero attached hydrogens (tertiary/aromatic N) is 3. The number of hydrogen-bond donors (Lipinski definition) is 1. The summed E-state index contributed by atoms with van der Waals surface area (Å²) in [5, 5.41) is 22.2. The maximum Gasteiger partial charge on any atom is 0.0812 e. The number of piperidine rings is 1. The van der Waals surface area contributed by atoms with Crippen molar-refractivity contribution in [3.8, 4) is 6.07 Å². The Bertz CT molecular complexity index is 203. The number of rotatable bonds is 2. The van der Waals surface area contributed by atoms with E-state index in [4.69, 9.17) is 5.26 Å². The van der Waals surface area contributed by atoms with Crippen molar-refractivity contribution in [3.05, 3.63) is 4.91 Å². The number of nitriles is 1. The first-order valence-corrected chi connectivity index (χ1v) is 3.88. The third kappa shape index (κ3) is 1.92. The van der Waals surface area contributed by atoms with Gasteiger partial charge in [-0.2, -0.15) is 5.26 Å². The van der Waals surface area contributed by atoms with Crippen LogP contribution in [-0.4, -0.2) is 28.8 Å². The molecule has 0 spiro atoms. The Labute approximate surface area is 70.5 Å². The monoisotopic (exact) mass is 169 g/mol. The maximum absolute atomic E-state index is 10.1. The molecule has 0 saturated carbocycles. The minimum absolute atomic E-state index is 0.139. The fourth-order valence-electron chi connectivity index (χ4n) is 1.32. The van der Waals surface area contributed by atoms with Crippen molar-refractivity contribution in [3.63, 3.8) is 0 Å². The molecule has 5 nitrogen and oxygen atoms in total. The Balaban J connectivity index is 2.44. The third-order valence-corrected chi connectivity index (χ3v) is 2.19. The van der Waals surface area contributed by atoms with Crippen molar-refractivity contribution in [2.24, 2.45) is 5.29 Å². The average Bonchev–Trinajstić information content (AvgIpc) is 2.06. The first-order valence-electron chi connectivity index (χ1n) is 3.88. The highest BCUT2D eigenvalue weighted by molar-refractivity contribution is 4.92. The molecule has 0 aromatic carbocycles. The maximum atomic E-state index is 10.1. The van der Waals surface area contributed by atoms with Crippen LogP contribution in [0.3, 0.4) is 0 Å². The molecule has 1 aliphatic rings. The SMILES string of the molecule is N#CCC1(O)CCN(N=O)CC1. The zero-order valence-electron chi connectivity index (χ0n) is 6.73. The summed E-state index contributed by atoms with van der Waals surface area (Å²) < 4.78 is 0. The van der Waals surface area contributed by atoms with Gasteiger partial charge >= 0.3 is 0 Å². The molecule has 1 fully saturated rings. The van der Waals surface area contributed by atoms with Crippen LogP contribution in [-0.2, 0) is 0 Å².